The van der Waals surface area contributed by atoms with E-state index in [9.17, 15) is 4.79 Å². The molecule has 1 aromatic heterocycles. The predicted molar refractivity (Wildman–Crippen MR) is 128 cm³/mol. The van der Waals surface area contributed by atoms with Gasteiger partial charge in [0.15, 0.2) is 11.5 Å². The molecule has 172 valence electrons. The summed E-state index contributed by atoms with van der Waals surface area (Å²) in [4.78, 5) is 22.0. The van der Waals surface area contributed by atoms with Crippen molar-refractivity contribution in [3.05, 3.63) is 77.1 Å². The first kappa shape index (κ1) is 23.6. The van der Waals surface area contributed by atoms with E-state index in [1.807, 2.05) is 50.2 Å². The van der Waals surface area contributed by atoms with Gasteiger partial charge >= 0.3 is 0 Å². The van der Waals surface area contributed by atoms with Crippen LogP contribution in [0.5, 0.6) is 17.2 Å². The van der Waals surface area contributed by atoms with Gasteiger partial charge in [0.1, 0.15) is 0 Å². The zero-order valence-electron chi connectivity index (χ0n) is 19.4. The number of hydrogen-bond acceptors (Lipinski definition) is 6. The third kappa shape index (κ3) is 6.00. The lowest BCUT2D eigenvalue weighted by Gasteiger charge is -2.16. The molecule has 1 heterocycles. The molecule has 33 heavy (non-hydrogen) atoms. The van der Waals surface area contributed by atoms with Crippen LogP contribution < -0.4 is 24.8 Å². The number of carbonyl (C=O) groups is 1. The first-order valence-electron chi connectivity index (χ1n) is 10.3. The van der Waals surface area contributed by atoms with Gasteiger partial charge in [-0.05, 0) is 55.3 Å². The molecule has 0 aliphatic rings. The summed E-state index contributed by atoms with van der Waals surface area (Å²) in [5.74, 6) is 1.10. The van der Waals surface area contributed by atoms with E-state index in [1.165, 1.54) is 21.3 Å². The summed E-state index contributed by atoms with van der Waals surface area (Å²) in [6.07, 6.45) is 1.71. The van der Waals surface area contributed by atoms with Crippen LogP contribution in [0, 0.1) is 13.8 Å². The maximum absolute atomic E-state index is 13.1. The van der Waals surface area contributed by atoms with E-state index in [1.54, 1.807) is 18.3 Å². The highest BCUT2D eigenvalue weighted by Crippen LogP contribution is 2.38. The number of ether oxygens (including phenoxy) is 3. The van der Waals surface area contributed by atoms with E-state index in [0.717, 1.165) is 22.5 Å². The number of rotatable bonds is 7. The number of anilines is 1. The minimum Gasteiger partial charge on any atom is -0.493 e. The lowest BCUT2D eigenvalue weighted by atomic mass is 10.1. The van der Waals surface area contributed by atoms with Crippen LogP contribution in [0.2, 0.25) is 0 Å². The van der Waals surface area contributed by atoms with Crippen molar-refractivity contribution in [1.29, 1.82) is 0 Å². The van der Waals surface area contributed by atoms with Crippen LogP contribution in [-0.4, -0.2) is 38.2 Å². The molecule has 8 heteroatoms. The van der Waals surface area contributed by atoms with E-state index in [4.69, 9.17) is 14.2 Å². The number of amides is 1. The molecule has 2 N–H and O–H groups in total. The van der Waals surface area contributed by atoms with Crippen molar-refractivity contribution in [3.8, 4) is 17.2 Å². The third-order valence-electron chi connectivity index (χ3n) is 4.93. The van der Waals surface area contributed by atoms with Gasteiger partial charge in [0.2, 0.25) is 11.7 Å². The number of aromatic nitrogens is 1. The van der Waals surface area contributed by atoms with Crippen LogP contribution in [0.3, 0.4) is 0 Å². The van der Waals surface area contributed by atoms with Crippen molar-refractivity contribution < 1.29 is 19.0 Å². The molecular weight excluding hydrogens is 420 g/mol. The molecular formula is C25H28N4O4. The molecule has 0 atom stereocenters. The molecule has 0 aliphatic carbocycles. The highest BCUT2D eigenvalue weighted by atomic mass is 16.5. The fraction of sp³-hybridized carbons (Fsp3) is 0.240. The van der Waals surface area contributed by atoms with Gasteiger partial charge in [0, 0.05) is 17.4 Å². The van der Waals surface area contributed by atoms with Gasteiger partial charge in [-0.15, -0.1) is 0 Å². The first-order chi connectivity index (χ1) is 15.9. The van der Waals surface area contributed by atoms with E-state index in [2.05, 4.69) is 20.6 Å². The number of pyridine rings is 1. The molecule has 1 amide bonds. The van der Waals surface area contributed by atoms with Crippen molar-refractivity contribution in [1.82, 2.24) is 10.3 Å². The number of guanidine groups is 1. The number of carbonyl (C=O) groups excluding carboxylic acids is 1. The van der Waals surface area contributed by atoms with Crippen molar-refractivity contribution in [3.63, 3.8) is 0 Å². The quantitative estimate of drug-likeness (QED) is 0.417. The molecule has 0 fully saturated rings. The van der Waals surface area contributed by atoms with Crippen LogP contribution in [0.1, 0.15) is 27.2 Å². The van der Waals surface area contributed by atoms with Crippen molar-refractivity contribution in [2.75, 3.05) is 26.6 Å². The number of hydrogen-bond donors (Lipinski definition) is 2. The minimum absolute atomic E-state index is 0.295. The van der Waals surface area contributed by atoms with Gasteiger partial charge in [-0.2, -0.15) is 0 Å². The molecule has 0 radical (unpaired) electrons. The molecule has 0 spiro atoms. The highest BCUT2D eigenvalue weighted by molar-refractivity contribution is 6.10. The average Bonchev–Trinajstić information content (AvgIpc) is 2.84. The second-order valence-corrected chi connectivity index (χ2v) is 7.30. The zero-order valence-corrected chi connectivity index (χ0v) is 19.4. The normalized spacial score (nSPS) is 11.0. The summed E-state index contributed by atoms with van der Waals surface area (Å²) in [7, 11) is 4.51. The molecule has 0 aliphatic heterocycles. The highest BCUT2D eigenvalue weighted by Gasteiger charge is 2.18. The van der Waals surface area contributed by atoms with E-state index in [-0.39, 0.29) is 5.91 Å². The first-order valence-corrected chi connectivity index (χ1v) is 10.3. The largest absolute Gasteiger partial charge is 0.493 e. The standard InChI is InChI=1S/C25H28N4O4/c1-16-9-10-17(2)20(12-16)28-25(27-15-19-8-6-7-11-26-19)29-24(30)18-13-21(31-3)23(33-5)22(14-18)32-4/h6-14H,15H2,1-5H3,(H2,27,28,29,30). The summed E-state index contributed by atoms with van der Waals surface area (Å²) in [6, 6.07) is 14.8. The predicted octanol–water partition coefficient (Wildman–Crippen LogP) is 4.12. The zero-order chi connectivity index (χ0) is 23.8. The number of benzene rings is 2. The summed E-state index contributed by atoms with van der Waals surface area (Å²) >= 11 is 0. The van der Waals surface area contributed by atoms with Gasteiger partial charge < -0.3 is 19.5 Å². The molecule has 2 aromatic carbocycles. The Morgan fingerprint density at radius 2 is 1.70 bits per heavy atom. The van der Waals surface area contributed by atoms with Crippen molar-refractivity contribution in [2.45, 2.75) is 20.4 Å². The monoisotopic (exact) mass is 448 g/mol. The SMILES string of the molecule is COc1cc(C(=O)NC(=NCc2ccccn2)Nc2cc(C)ccc2C)cc(OC)c1OC. The second kappa shape index (κ2) is 11.0. The van der Waals surface area contributed by atoms with E-state index in [0.29, 0.717) is 35.3 Å². The lowest BCUT2D eigenvalue weighted by Crippen LogP contribution is -2.36. The third-order valence-corrected chi connectivity index (χ3v) is 4.93. The maximum atomic E-state index is 13.1. The Hall–Kier alpha value is -4.07. The summed E-state index contributed by atoms with van der Waals surface area (Å²) in [6.45, 7) is 4.28. The molecule has 0 saturated heterocycles. The molecule has 0 bridgehead atoms. The number of nitrogens with one attached hydrogen (secondary N) is 2. The van der Waals surface area contributed by atoms with Crippen LogP contribution in [0.15, 0.2) is 59.7 Å². The topological polar surface area (TPSA) is 94.1 Å². The van der Waals surface area contributed by atoms with E-state index >= 15 is 0 Å². The Morgan fingerprint density at radius 1 is 0.970 bits per heavy atom. The molecule has 3 rings (SSSR count). The number of nitrogens with zero attached hydrogens (tertiary/aromatic N) is 2. The minimum atomic E-state index is -0.383. The van der Waals surface area contributed by atoms with Crippen LogP contribution >= 0.6 is 0 Å². The summed E-state index contributed by atoms with van der Waals surface area (Å²) in [5.41, 5.74) is 4.06. The lowest BCUT2D eigenvalue weighted by molar-refractivity contribution is 0.0976. The Kier molecular flexibility index (Phi) is 7.86. The summed E-state index contributed by atoms with van der Waals surface area (Å²) in [5, 5.41) is 6.10. The average molecular weight is 449 g/mol. The number of aryl methyl sites for hydroxylation is 2. The molecule has 3 aromatic rings. The number of aliphatic imine (C=N–C) groups is 1. The van der Waals surface area contributed by atoms with Gasteiger partial charge in [0.25, 0.3) is 5.91 Å². The summed E-state index contributed by atoms with van der Waals surface area (Å²) < 4.78 is 16.1. The Labute approximate surface area is 193 Å². The fourth-order valence-corrected chi connectivity index (χ4v) is 3.15. The Morgan fingerprint density at radius 3 is 2.30 bits per heavy atom. The van der Waals surface area contributed by atoms with Crippen LogP contribution in [0.4, 0.5) is 5.69 Å². The van der Waals surface area contributed by atoms with E-state index < -0.39 is 0 Å². The van der Waals surface area contributed by atoms with Crippen molar-refractivity contribution in [2.24, 2.45) is 4.99 Å². The molecule has 8 nitrogen and oxygen atoms in total. The number of methoxy groups -OCH3 is 3. The second-order valence-electron chi connectivity index (χ2n) is 7.30. The van der Waals surface area contributed by atoms with Gasteiger partial charge in [-0.3, -0.25) is 15.1 Å². The Bertz CT molecular complexity index is 1120. The smallest absolute Gasteiger partial charge is 0.258 e. The van der Waals surface area contributed by atoms with Crippen molar-refractivity contribution >= 4 is 17.6 Å². The fourth-order valence-electron chi connectivity index (χ4n) is 3.15. The van der Waals surface area contributed by atoms with Crippen LogP contribution in [0.25, 0.3) is 0 Å². The van der Waals surface area contributed by atoms with Gasteiger partial charge in [-0.25, -0.2) is 4.99 Å². The van der Waals surface area contributed by atoms with Crippen LogP contribution in [-0.2, 0) is 6.54 Å². The maximum Gasteiger partial charge on any atom is 0.258 e. The molecule has 0 saturated carbocycles. The molecule has 0 unspecified atom stereocenters. The Balaban J connectivity index is 1.92. The van der Waals surface area contributed by atoms with Gasteiger partial charge in [-0.1, -0.05) is 18.2 Å². The van der Waals surface area contributed by atoms with Gasteiger partial charge in [0.05, 0.1) is 33.6 Å².